The van der Waals surface area contributed by atoms with Crippen molar-refractivity contribution in [3.05, 3.63) is 41.6 Å². The van der Waals surface area contributed by atoms with Gasteiger partial charge >= 0.3 is 0 Å². The van der Waals surface area contributed by atoms with Crippen LogP contribution in [0.2, 0.25) is 30.7 Å². The number of aryl methyl sites for hydroxylation is 1. The van der Waals surface area contributed by atoms with E-state index in [2.05, 4.69) is 34.6 Å². The van der Waals surface area contributed by atoms with E-state index in [4.69, 9.17) is 16.3 Å². The third kappa shape index (κ3) is 4.26. The first-order chi connectivity index (χ1) is 11.8. The molecular formula is C18H23ClN4OSi. The summed E-state index contributed by atoms with van der Waals surface area (Å²) in [5.41, 5.74) is 2.43. The van der Waals surface area contributed by atoms with Crippen LogP contribution in [-0.4, -0.2) is 34.2 Å². The zero-order valence-electron chi connectivity index (χ0n) is 15.1. The molecule has 0 radical (unpaired) electrons. The molecule has 0 aliphatic rings. The topological polar surface area (TPSA) is 52.8 Å². The number of fused-ring (bicyclic) bond motifs is 1. The van der Waals surface area contributed by atoms with Gasteiger partial charge in [-0.3, -0.25) is 0 Å². The Hall–Kier alpha value is -1.76. The second kappa shape index (κ2) is 7.23. The summed E-state index contributed by atoms with van der Waals surface area (Å²) >= 11 is 6.61. The SMILES string of the molecule is Cc1nccc(-c2cnc3c(ccn3COCC[Si](C)(C)C)c2Cl)n1. The molecule has 132 valence electrons. The molecule has 0 spiro atoms. The average Bonchev–Trinajstić information content (AvgIpc) is 2.95. The van der Waals surface area contributed by atoms with E-state index in [1.54, 1.807) is 12.4 Å². The average molecular weight is 375 g/mol. The van der Waals surface area contributed by atoms with E-state index in [1.807, 2.05) is 29.8 Å². The van der Waals surface area contributed by atoms with Crippen LogP contribution in [0, 0.1) is 6.92 Å². The van der Waals surface area contributed by atoms with Gasteiger partial charge in [-0.1, -0.05) is 31.2 Å². The normalized spacial score (nSPS) is 12.0. The maximum Gasteiger partial charge on any atom is 0.143 e. The second-order valence-electron chi connectivity index (χ2n) is 7.35. The molecule has 0 fully saturated rings. The number of rotatable bonds is 6. The lowest BCUT2D eigenvalue weighted by atomic mass is 10.1. The molecule has 0 saturated carbocycles. The van der Waals surface area contributed by atoms with Gasteiger partial charge in [0.05, 0.1) is 10.7 Å². The van der Waals surface area contributed by atoms with Crippen LogP contribution in [0.3, 0.4) is 0 Å². The third-order valence-corrected chi connectivity index (χ3v) is 6.11. The van der Waals surface area contributed by atoms with E-state index in [0.717, 1.165) is 34.9 Å². The lowest BCUT2D eigenvalue weighted by Gasteiger charge is -2.15. The first kappa shape index (κ1) is 18.0. The highest BCUT2D eigenvalue weighted by Gasteiger charge is 2.14. The number of hydrogen-bond acceptors (Lipinski definition) is 4. The minimum Gasteiger partial charge on any atom is -0.361 e. The van der Waals surface area contributed by atoms with Gasteiger partial charge in [-0.05, 0) is 25.1 Å². The summed E-state index contributed by atoms with van der Waals surface area (Å²) in [6.45, 7) is 10.2. The van der Waals surface area contributed by atoms with Crippen LogP contribution in [0.15, 0.2) is 30.7 Å². The van der Waals surface area contributed by atoms with E-state index >= 15 is 0 Å². The minimum atomic E-state index is -1.07. The van der Waals surface area contributed by atoms with Crippen LogP contribution in [0.1, 0.15) is 5.82 Å². The van der Waals surface area contributed by atoms with Crippen LogP contribution in [0.5, 0.6) is 0 Å². The van der Waals surface area contributed by atoms with Gasteiger partial charge in [0, 0.05) is 44.2 Å². The largest absolute Gasteiger partial charge is 0.361 e. The molecule has 5 nitrogen and oxygen atoms in total. The monoisotopic (exact) mass is 374 g/mol. The molecule has 0 aliphatic heterocycles. The van der Waals surface area contributed by atoms with Gasteiger partial charge in [0.25, 0.3) is 0 Å². The van der Waals surface area contributed by atoms with Crippen molar-refractivity contribution in [2.45, 2.75) is 39.3 Å². The van der Waals surface area contributed by atoms with Gasteiger partial charge < -0.3 is 9.30 Å². The molecule has 0 amide bonds. The number of pyridine rings is 1. The molecule has 0 N–H and O–H groups in total. The first-order valence-corrected chi connectivity index (χ1v) is 12.4. The van der Waals surface area contributed by atoms with Crippen molar-refractivity contribution in [2.75, 3.05) is 6.61 Å². The predicted octanol–water partition coefficient (Wildman–Crippen LogP) is 4.77. The molecule has 3 aromatic rings. The van der Waals surface area contributed by atoms with Crippen molar-refractivity contribution in [1.82, 2.24) is 19.5 Å². The van der Waals surface area contributed by atoms with Crippen molar-refractivity contribution in [1.29, 1.82) is 0 Å². The van der Waals surface area contributed by atoms with E-state index in [9.17, 15) is 0 Å². The summed E-state index contributed by atoms with van der Waals surface area (Å²) in [7, 11) is -1.07. The Morgan fingerprint density at radius 3 is 2.72 bits per heavy atom. The number of aromatic nitrogens is 4. The fraction of sp³-hybridized carbons (Fsp3) is 0.389. The Morgan fingerprint density at radius 2 is 2.00 bits per heavy atom. The van der Waals surface area contributed by atoms with E-state index in [-0.39, 0.29) is 0 Å². The molecule has 0 aromatic carbocycles. The molecule has 0 unspecified atom stereocenters. The lowest BCUT2D eigenvalue weighted by Crippen LogP contribution is -2.22. The summed E-state index contributed by atoms with van der Waals surface area (Å²) in [6.07, 6.45) is 5.47. The Bertz CT molecular complexity index is 888. The fourth-order valence-corrected chi connectivity index (χ4v) is 3.59. The van der Waals surface area contributed by atoms with E-state index < -0.39 is 8.07 Å². The predicted molar refractivity (Wildman–Crippen MR) is 105 cm³/mol. The summed E-state index contributed by atoms with van der Waals surface area (Å²) in [5, 5.41) is 1.56. The summed E-state index contributed by atoms with van der Waals surface area (Å²) in [4.78, 5) is 13.1. The lowest BCUT2D eigenvalue weighted by molar-refractivity contribution is 0.0899. The summed E-state index contributed by atoms with van der Waals surface area (Å²) < 4.78 is 7.81. The number of hydrogen-bond donors (Lipinski definition) is 0. The molecule has 0 aliphatic carbocycles. The molecule has 3 rings (SSSR count). The van der Waals surface area contributed by atoms with E-state index in [1.165, 1.54) is 0 Å². The quantitative estimate of drug-likeness (QED) is 0.460. The zero-order valence-corrected chi connectivity index (χ0v) is 16.8. The van der Waals surface area contributed by atoms with Crippen molar-refractivity contribution >= 4 is 30.7 Å². The van der Waals surface area contributed by atoms with Gasteiger partial charge in [0.2, 0.25) is 0 Å². The summed E-state index contributed by atoms with van der Waals surface area (Å²) in [5.74, 6) is 0.710. The highest BCUT2D eigenvalue weighted by molar-refractivity contribution is 6.76. The van der Waals surface area contributed by atoms with Crippen LogP contribution < -0.4 is 0 Å². The number of nitrogens with zero attached hydrogens (tertiary/aromatic N) is 4. The van der Waals surface area contributed by atoms with Crippen molar-refractivity contribution in [2.24, 2.45) is 0 Å². The molecule has 3 aromatic heterocycles. The molecule has 25 heavy (non-hydrogen) atoms. The highest BCUT2D eigenvalue weighted by atomic mass is 35.5. The Morgan fingerprint density at radius 1 is 1.20 bits per heavy atom. The molecule has 0 bridgehead atoms. The van der Waals surface area contributed by atoms with Crippen LogP contribution >= 0.6 is 11.6 Å². The highest BCUT2D eigenvalue weighted by Crippen LogP contribution is 2.32. The molecular weight excluding hydrogens is 352 g/mol. The molecule has 7 heteroatoms. The zero-order chi connectivity index (χ0) is 18.0. The summed E-state index contributed by atoms with van der Waals surface area (Å²) in [6, 6.07) is 4.97. The Labute approximate surface area is 154 Å². The van der Waals surface area contributed by atoms with Crippen molar-refractivity contribution in [3.8, 4) is 11.3 Å². The van der Waals surface area contributed by atoms with Gasteiger partial charge in [0.15, 0.2) is 0 Å². The smallest absolute Gasteiger partial charge is 0.143 e. The van der Waals surface area contributed by atoms with Crippen LogP contribution in [-0.2, 0) is 11.5 Å². The van der Waals surface area contributed by atoms with Gasteiger partial charge in [-0.2, -0.15) is 0 Å². The van der Waals surface area contributed by atoms with Gasteiger partial charge in [0.1, 0.15) is 18.2 Å². The molecule has 3 heterocycles. The number of halogens is 1. The maximum absolute atomic E-state index is 6.61. The Kier molecular flexibility index (Phi) is 5.22. The minimum absolute atomic E-state index is 0.489. The molecule has 0 saturated heterocycles. The van der Waals surface area contributed by atoms with Crippen molar-refractivity contribution in [3.63, 3.8) is 0 Å². The number of ether oxygens (including phenoxy) is 1. The van der Waals surface area contributed by atoms with Gasteiger partial charge in [-0.25, -0.2) is 15.0 Å². The van der Waals surface area contributed by atoms with Gasteiger partial charge in [-0.15, -0.1) is 0 Å². The third-order valence-electron chi connectivity index (χ3n) is 4.00. The molecule has 0 atom stereocenters. The van der Waals surface area contributed by atoms with Crippen molar-refractivity contribution < 1.29 is 4.74 Å². The second-order valence-corrected chi connectivity index (χ2v) is 13.3. The fourth-order valence-electron chi connectivity index (χ4n) is 2.54. The Balaban J connectivity index is 1.82. The maximum atomic E-state index is 6.61. The first-order valence-electron chi connectivity index (χ1n) is 8.36. The van der Waals surface area contributed by atoms with E-state index in [0.29, 0.717) is 17.6 Å². The van der Waals surface area contributed by atoms with Crippen LogP contribution in [0.25, 0.3) is 22.3 Å². The standard InChI is InChI=1S/C18H23ClN4OSi/c1-13-20-7-5-16(22-13)15-11-21-18-14(17(15)19)6-8-23(18)12-24-9-10-25(2,3)4/h5-8,11H,9-10,12H2,1-4H3. The van der Waals surface area contributed by atoms with Crippen LogP contribution in [0.4, 0.5) is 0 Å².